The molecule has 0 unspecified atom stereocenters. The Balaban J connectivity index is 1.86. The molecule has 118 valence electrons. The monoisotopic (exact) mass is 331 g/mol. The predicted octanol–water partition coefficient (Wildman–Crippen LogP) is 3.65. The van der Waals surface area contributed by atoms with Crippen molar-refractivity contribution >= 4 is 15.4 Å². The average molecular weight is 331 g/mol. The van der Waals surface area contributed by atoms with Crippen molar-refractivity contribution in [2.24, 2.45) is 4.36 Å². The zero-order valence-electron chi connectivity index (χ0n) is 11.3. The minimum Gasteiger partial charge on any atom is -0.329 e. The van der Waals surface area contributed by atoms with Gasteiger partial charge in [-0.3, -0.25) is 0 Å². The van der Waals surface area contributed by atoms with Crippen LogP contribution < -0.4 is 0 Å². The molecular formula is C13H12F3N3O2S. The third-order valence-electron chi connectivity index (χ3n) is 3.24. The van der Waals surface area contributed by atoms with Crippen molar-refractivity contribution in [3.05, 3.63) is 30.2 Å². The Morgan fingerprint density at radius 3 is 2.32 bits per heavy atom. The van der Waals surface area contributed by atoms with Crippen molar-refractivity contribution in [1.29, 1.82) is 0 Å². The Kier molecular flexibility index (Phi) is 3.67. The topological polar surface area (TPSA) is 68.3 Å². The van der Waals surface area contributed by atoms with Crippen LogP contribution in [0.5, 0.6) is 0 Å². The van der Waals surface area contributed by atoms with E-state index in [4.69, 9.17) is 0 Å². The summed E-state index contributed by atoms with van der Waals surface area (Å²) < 4.78 is 57.9. The van der Waals surface area contributed by atoms with Crippen molar-refractivity contribution in [1.82, 2.24) is 10.1 Å². The summed E-state index contributed by atoms with van der Waals surface area (Å²) in [5.41, 5.74) is 0.912. The van der Waals surface area contributed by atoms with Gasteiger partial charge in [0.05, 0.1) is 15.4 Å². The van der Waals surface area contributed by atoms with Gasteiger partial charge in [-0.1, -0.05) is 5.16 Å². The second-order valence-electron chi connectivity index (χ2n) is 4.95. The van der Waals surface area contributed by atoms with Crippen molar-refractivity contribution in [2.75, 3.05) is 11.5 Å². The maximum atomic E-state index is 12.4. The van der Waals surface area contributed by atoms with Crippen LogP contribution in [0.4, 0.5) is 18.9 Å². The number of hydrogen-bond acceptors (Lipinski definition) is 5. The van der Waals surface area contributed by atoms with E-state index in [2.05, 4.69) is 19.0 Å². The first-order valence-electron chi connectivity index (χ1n) is 6.60. The summed E-state index contributed by atoms with van der Waals surface area (Å²) in [6.07, 6.45) is -2.85. The fourth-order valence-corrected chi connectivity index (χ4v) is 4.37. The number of aromatic nitrogens is 2. The lowest BCUT2D eigenvalue weighted by molar-refractivity contribution is -0.159. The number of rotatable bonds is 2. The van der Waals surface area contributed by atoms with Crippen LogP contribution in [0.25, 0.3) is 11.4 Å². The number of benzene rings is 1. The SMILES string of the molecule is O=S1(=Nc2ccc(-c3noc(C(F)(F)F)n3)cc2)CCCC1. The quantitative estimate of drug-likeness (QED) is 0.842. The van der Waals surface area contributed by atoms with E-state index >= 15 is 0 Å². The first-order valence-corrected chi connectivity index (χ1v) is 8.45. The maximum Gasteiger partial charge on any atom is 0.471 e. The lowest BCUT2D eigenvalue weighted by atomic mass is 10.2. The van der Waals surface area contributed by atoms with Crippen LogP contribution in [0.15, 0.2) is 33.2 Å². The van der Waals surface area contributed by atoms with Gasteiger partial charge in [-0.15, -0.1) is 0 Å². The molecule has 1 saturated heterocycles. The lowest BCUT2D eigenvalue weighted by Gasteiger charge is -2.01. The van der Waals surface area contributed by atoms with Crippen LogP contribution in [0.3, 0.4) is 0 Å². The zero-order chi connectivity index (χ0) is 15.8. The highest BCUT2D eigenvalue weighted by Gasteiger charge is 2.38. The molecule has 0 bridgehead atoms. The van der Waals surface area contributed by atoms with Crippen LogP contribution in [0.1, 0.15) is 18.7 Å². The Hall–Kier alpha value is -1.90. The molecule has 2 heterocycles. The van der Waals surface area contributed by atoms with Gasteiger partial charge in [0.15, 0.2) is 0 Å². The normalized spacial score (nSPS) is 17.6. The zero-order valence-corrected chi connectivity index (χ0v) is 12.2. The van der Waals surface area contributed by atoms with Crippen molar-refractivity contribution in [3.63, 3.8) is 0 Å². The van der Waals surface area contributed by atoms with Crippen LogP contribution in [-0.2, 0) is 15.9 Å². The fourth-order valence-electron chi connectivity index (χ4n) is 2.17. The highest BCUT2D eigenvalue weighted by molar-refractivity contribution is 7.93. The smallest absolute Gasteiger partial charge is 0.329 e. The number of alkyl halides is 3. The number of halogens is 3. The molecule has 0 saturated carbocycles. The molecule has 0 N–H and O–H groups in total. The summed E-state index contributed by atoms with van der Waals surface area (Å²) in [5.74, 6) is -0.350. The van der Waals surface area contributed by atoms with Crippen molar-refractivity contribution < 1.29 is 21.9 Å². The van der Waals surface area contributed by atoms with Gasteiger partial charge in [-0.2, -0.15) is 22.5 Å². The third-order valence-corrected chi connectivity index (χ3v) is 5.64. The summed E-state index contributed by atoms with van der Waals surface area (Å²) in [5, 5.41) is 3.31. The summed E-state index contributed by atoms with van der Waals surface area (Å²) >= 11 is 0. The van der Waals surface area contributed by atoms with Gasteiger partial charge < -0.3 is 4.52 Å². The van der Waals surface area contributed by atoms with E-state index in [1.807, 2.05) is 0 Å². The molecule has 0 aliphatic carbocycles. The fraction of sp³-hybridized carbons (Fsp3) is 0.385. The van der Waals surface area contributed by atoms with E-state index in [1.165, 1.54) is 12.1 Å². The molecule has 1 aliphatic rings. The largest absolute Gasteiger partial charge is 0.471 e. The summed E-state index contributed by atoms with van der Waals surface area (Å²) in [7, 11) is -2.17. The van der Waals surface area contributed by atoms with Crippen LogP contribution in [-0.4, -0.2) is 25.9 Å². The van der Waals surface area contributed by atoms with Gasteiger partial charge >= 0.3 is 12.1 Å². The van der Waals surface area contributed by atoms with Gasteiger partial charge in [-0.05, 0) is 37.1 Å². The Morgan fingerprint density at radius 1 is 1.14 bits per heavy atom. The minimum absolute atomic E-state index is 0.149. The first-order chi connectivity index (χ1) is 10.4. The number of nitrogens with zero attached hydrogens (tertiary/aromatic N) is 3. The van der Waals surface area contributed by atoms with Gasteiger partial charge in [0.2, 0.25) is 5.82 Å². The highest BCUT2D eigenvalue weighted by Crippen LogP contribution is 2.30. The number of hydrogen-bond donors (Lipinski definition) is 0. The molecule has 1 aromatic carbocycles. The molecule has 0 amide bonds. The molecule has 1 aromatic heterocycles. The highest BCUT2D eigenvalue weighted by atomic mass is 32.2. The Morgan fingerprint density at radius 2 is 1.77 bits per heavy atom. The second-order valence-corrected chi connectivity index (χ2v) is 7.49. The molecule has 0 spiro atoms. The van der Waals surface area contributed by atoms with E-state index in [9.17, 15) is 17.4 Å². The maximum absolute atomic E-state index is 12.4. The van der Waals surface area contributed by atoms with Gasteiger partial charge in [0.25, 0.3) is 0 Å². The molecule has 1 aliphatic heterocycles. The molecule has 0 radical (unpaired) electrons. The second kappa shape index (κ2) is 5.38. The van der Waals surface area contributed by atoms with E-state index in [-0.39, 0.29) is 5.82 Å². The summed E-state index contributed by atoms with van der Waals surface area (Å²) in [4.78, 5) is 3.31. The lowest BCUT2D eigenvalue weighted by Crippen LogP contribution is -2.04. The third kappa shape index (κ3) is 3.13. The minimum atomic E-state index is -4.67. The van der Waals surface area contributed by atoms with E-state index < -0.39 is 21.8 Å². The van der Waals surface area contributed by atoms with Crippen molar-refractivity contribution in [3.8, 4) is 11.4 Å². The van der Waals surface area contributed by atoms with Gasteiger partial charge in [0, 0.05) is 17.1 Å². The molecule has 5 nitrogen and oxygen atoms in total. The molecule has 22 heavy (non-hydrogen) atoms. The molecule has 2 aromatic rings. The van der Waals surface area contributed by atoms with Crippen LogP contribution >= 0.6 is 0 Å². The summed E-state index contributed by atoms with van der Waals surface area (Å²) in [6, 6.07) is 6.23. The van der Waals surface area contributed by atoms with Gasteiger partial charge in [0.1, 0.15) is 0 Å². The predicted molar refractivity (Wildman–Crippen MR) is 73.9 cm³/mol. The van der Waals surface area contributed by atoms with E-state index in [0.717, 1.165) is 12.8 Å². The van der Waals surface area contributed by atoms with Crippen LogP contribution in [0, 0.1) is 0 Å². The first kappa shape index (κ1) is 15.0. The van der Waals surface area contributed by atoms with Gasteiger partial charge in [-0.25, -0.2) is 4.21 Å². The molecule has 0 atom stereocenters. The Labute approximate surface area is 124 Å². The average Bonchev–Trinajstić information content (AvgIpc) is 3.08. The standard InChI is InChI=1S/C13H12F3N3O2S/c14-13(15,16)12-17-11(18-21-12)9-3-5-10(6-4-9)19-22(20)7-1-2-8-22/h3-6H,1-2,7-8H2. The molecule has 9 heteroatoms. The van der Waals surface area contributed by atoms with Crippen LogP contribution in [0.2, 0.25) is 0 Å². The molecular weight excluding hydrogens is 319 g/mol. The van der Waals surface area contributed by atoms with Crippen molar-refractivity contribution in [2.45, 2.75) is 19.0 Å². The van der Waals surface area contributed by atoms with E-state index in [1.54, 1.807) is 12.1 Å². The van der Waals surface area contributed by atoms with E-state index in [0.29, 0.717) is 22.8 Å². The molecule has 3 rings (SSSR count). The molecule has 1 fully saturated rings. The summed E-state index contributed by atoms with van der Waals surface area (Å²) in [6.45, 7) is 0. The Bertz CT molecular complexity index is 778.